The molecule has 7 heteroatoms. The molecular weight excluding hydrogens is 318 g/mol. The van der Waals surface area contributed by atoms with Gasteiger partial charge in [-0.2, -0.15) is 0 Å². The number of nitrogens with zero attached hydrogens (tertiary/aromatic N) is 2. The molecule has 1 aliphatic heterocycles. The number of piperidine rings is 1. The average Bonchev–Trinajstić information content (AvgIpc) is 3.14. The fourth-order valence-corrected chi connectivity index (χ4v) is 2.91. The molecular formula is C18H31N5O2. The minimum atomic E-state index is -0.209. The summed E-state index contributed by atoms with van der Waals surface area (Å²) in [6.45, 7) is 10.6. The molecule has 1 aliphatic rings. The van der Waals surface area contributed by atoms with Crippen LogP contribution < -0.4 is 16.0 Å². The van der Waals surface area contributed by atoms with Crippen molar-refractivity contribution < 1.29 is 9.21 Å². The van der Waals surface area contributed by atoms with Crippen molar-refractivity contribution in [3.63, 3.8) is 0 Å². The van der Waals surface area contributed by atoms with Gasteiger partial charge in [-0.3, -0.25) is 9.79 Å². The maximum atomic E-state index is 11.8. The minimum Gasteiger partial charge on any atom is -0.459 e. The van der Waals surface area contributed by atoms with Crippen LogP contribution in [-0.2, 0) is 0 Å². The lowest BCUT2D eigenvalue weighted by Gasteiger charge is -2.35. The van der Waals surface area contributed by atoms with Crippen molar-refractivity contribution in [2.24, 2.45) is 4.99 Å². The van der Waals surface area contributed by atoms with Gasteiger partial charge < -0.3 is 25.3 Å². The van der Waals surface area contributed by atoms with Gasteiger partial charge in [-0.15, -0.1) is 0 Å². The fraction of sp³-hybridized carbons (Fsp3) is 0.667. The van der Waals surface area contributed by atoms with Gasteiger partial charge in [0.05, 0.1) is 12.8 Å². The van der Waals surface area contributed by atoms with E-state index in [1.165, 1.54) is 6.26 Å². The van der Waals surface area contributed by atoms with E-state index in [0.717, 1.165) is 38.4 Å². The standard InChI is InChI=1S/C18H31N5O2/c1-4-19-18(22-15-7-11-23(12-8-15)14(2)3)21-10-9-20-17(24)16-6-5-13-25-16/h5-6,13-15H,4,7-12H2,1-3H3,(H,20,24)(H2,19,21,22). The molecule has 0 aliphatic carbocycles. The lowest BCUT2D eigenvalue weighted by molar-refractivity contribution is 0.0927. The zero-order chi connectivity index (χ0) is 18.1. The molecule has 0 bridgehead atoms. The highest BCUT2D eigenvalue weighted by Gasteiger charge is 2.21. The van der Waals surface area contributed by atoms with Crippen LogP contribution in [0.3, 0.4) is 0 Å². The van der Waals surface area contributed by atoms with E-state index in [1.807, 2.05) is 0 Å². The van der Waals surface area contributed by atoms with Crippen molar-refractivity contribution in [3.8, 4) is 0 Å². The number of furan rings is 1. The van der Waals surface area contributed by atoms with Crippen LogP contribution in [0.2, 0.25) is 0 Å². The Bertz CT molecular complexity index is 534. The van der Waals surface area contributed by atoms with Crippen molar-refractivity contribution in [1.29, 1.82) is 0 Å². The Hall–Kier alpha value is -2.02. The van der Waals surface area contributed by atoms with Gasteiger partial charge in [-0.05, 0) is 45.7 Å². The predicted molar refractivity (Wildman–Crippen MR) is 99.9 cm³/mol. The average molecular weight is 349 g/mol. The third kappa shape index (κ3) is 6.42. The van der Waals surface area contributed by atoms with Crippen molar-refractivity contribution >= 4 is 11.9 Å². The van der Waals surface area contributed by atoms with Crippen molar-refractivity contribution in [1.82, 2.24) is 20.9 Å². The van der Waals surface area contributed by atoms with Gasteiger partial charge in [0.25, 0.3) is 5.91 Å². The highest BCUT2D eigenvalue weighted by Crippen LogP contribution is 2.12. The third-order valence-corrected chi connectivity index (χ3v) is 4.36. The van der Waals surface area contributed by atoms with E-state index in [0.29, 0.717) is 30.9 Å². The first-order valence-electron chi connectivity index (χ1n) is 9.20. The fourth-order valence-electron chi connectivity index (χ4n) is 2.91. The summed E-state index contributed by atoms with van der Waals surface area (Å²) in [6.07, 6.45) is 3.74. The van der Waals surface area contributed by atoms with Crippen LogP contribution in [0, 0.1) is 0 Å². The predicted octanol–water partition coefficient (Wildman–Crippen LogP) is 1.44. The SMILES string of the molecule is CCNC(=NCCNC(=O)c1ccco1)NC1CCN(C(C)C)CC1. The van der Waals surface area contributed by atoms with E-state index in [2.05, 4.69) is 46.6 Å². The van der Waals surface area contributed by atoms with Gasteiger partial charge >= 0.3 is 0 Å². The van der Waals surface area contributed by atoms with Crippen LogP contribution in [0.5, 0.6) is 0 Å². The normalized spacial score (nSPS) is 16.9. The second-order valence-corrected chi connectivity index (χ2v) is 6.54. The summed E-state index contributed by atoms with van der Waals surface area (Å²) in [4.78, 5) is 18.8. The molecule has 0 aromatic carbocycles. The van der Waals surface area contributed by atoms with Gasteiger partial charge in [0.2, 0.25) is 0 Å². The zero-order valence-corrected chi connectivity index (χ0v) is 15.5. The monoisotopic (exact) mass is 349 g/mol. The van der Waals surface area contributed by atoms with Gasteiger partial charge in [0.15, 0.2) is 11.7 Å². The van der Waals surface area contributed by atoms with Crippen LogP contribution >= 0.6 is 0 Å². The molecule has 0 spiro atoms. The van der Waals surface area contributed by atoms with E-state index in [1.54, 1.807) is 12.1 Å². The molecule has 1 aromatic heterocycles. The van der Waals surface area contributed by atoms with E-state index in [9.17, 15) is 4.79 Å². The molecule has 3 N–H and O–H groups in total. The van der Waals surface area contributed by atoms with Gasteiger partial charge in [0.1, 0.15) is 0 Å². The zero-order valence-electron chi connectivity index (χ0n) is 15.5. The number of amides is 1. The Balaban J connectivity index is 1.73. The molecule has 25 heavy (non-hydrogen) atoms. The Labute approximate surface area is 150 Å². The van der Waals surface area contributed by atoms with Gasteiger partial charge in [-0.25, -0.2) is 0 Å². The molecule has 0 saturated carbocycles. The number of hydrogen-bond acceptors (Lipinski definition) is 4. The van der Waals surface area contributed by atoms with Crippen LogP contribution in [0.25, 0.3) is 0 Å². The molecule has 1 aromatic rings. The van der Waals surface area contributed by atoms with E-state index < -0.39 is 0 Å². The first kappa shape index (κ1) is 19.3. The summed E-state index contributed by atoms with van der Waals surface area (Å²) < 4.78 is 5.06. The molecule has 0 unspecified atom stereocenters. The molecule has 1 amide bonds. The number of guanidine groups is 1. The Morgan fingerprint density at radius 1 is 1.36 bits per heavy atom. The Morgan fingerprint density at radius 2 is 2.12 bits per heavy atom. The van der Waals surface area contributed by atoms with Crippen LogP contribution in [0.4, 0.5) is 0 Å². The van der Waals surface area contributed by atoms with Gasteiger partial charge in [0, 0.05) is 38.3 Å². The summed E-state index contributed by atoms with van der Waals surface area (Å²) >= 11 is 0. The number of carbonyl (C=O) groups excluding carboxylic acids is 1. The first-order chi connectivity index (χ1) is 12.1. The second kappa shape index (κ2) is 10.1. The summed E-state index contributed by atoms with van der Waals surface area (Å²) in [7, 11) is 0. The van der Waals surface area contributed by atoms with Crippen molar-refractivity contribution in [3.05, 3.63) is 24.2 Å². The second-order valence-electron chi connectivity index (χ2n) is 6.54. The smallest absolute Gasteiger partial charge is 0.287 e. The molecule has 140 valence electrons. The van der Waals surface area contributed by atoms with Crippen molar-refractivity contribution in [2.45, 2.75) is 45.7 Å². The van der Waals surface area contributed by atoms with E-state index in [-0.39, 0.29) is 5.91 Å². The van der Waals surface area contributed by atoms with E-state index >= 15 is 0 Å². The van der Waals surface area contributed by atoms with Crippen LogP contribution in [-0.4, -0.2) is 61.6 Å². The molecule has 2 heterocycles. The van der Waals surface area contributed by atoms with Crippen LogP contribution in [0.1, 0.15) is 44.2 Å². The number of aliphatic imine (C=N–C) groups is 1. The summed E-state index contributed by atoms with van der Waals surface area (Å²) in [5.41, 5.74) is 0. The number of rotatable bonds is 7. The quantitative estimate of drug-likeness (QED) is 0.394. The van der Waals surface area contributed by atoms with E-state index in [4.69, 9.17) is 4.42 Å². The maximum absolute atomic E-state index is 11.8. The topological polar surface area (TPSA) is 81.9 Å². The largest absolute Gasteiger partial charge is 0.459 e. The molecule has 1 fully saturated rings. The number of carbonyl (C=O) groups is 1. The third-order valence-electron chi connectivity index (χ3n) is 4.36. The Kier molecular flexibility index (Phi) is 7.78. The lowest BCUT2D eigenvalue weighted by atomic mass is 10.0. The molecule has 0 atom stereocenters. The summed E-state index contributed by atoms with van der Waals surface area (Å²) in [5.74, 6) is 0.933. The highest BCUT2D eigenvalue weighted by molar-refractivity contribution is 5.91. The molecule has 1 saturated heterocycles. The van der Waals surface area contributed by atoms with Gasteiger partial charge in [-0.1, -0.05) is 0 Å². The lowest BCUT2D eigenvalue weighted by Crippen LogP contribution is -2.50. The Morgan fingerprint density at radius 3 is 2.72 bits per heavy atom. The number of likely N-dealkylation sites (tertiary alicyclic amines) is 1. The highest BCUT2D eigenvalue weighted by atomic mass is 16.3. The maximum Gasteiger partial charge on any atom is 0.287 e. The number of nitrogens with one attached hydrogen (secondary N) is 3. The minimum absolute atomic E-state index is 0.209. The van der Waals surface area contributed by atoms with Crippen molar-refractivity contribution in [2.75, 3.05) is 32.7 Å². The summed E-state index contributed by atoms with van der Waals surface area (Å²) in [5, 5.41) is 9.59. The number of hydrogen-bond donors (Lipinski definition) is 3. The summed E-state index contributed by atoms with van der Waals surface area (Å²) in [6, 6.07) is 4.41. The first-order valence-corrected chi connectivity index (χ1v) is 9.20. The molecule has 2 rings (SSSR count). The molecule has 7 nitrogen and oxygen atoms in total. The van der Waals surface area contributed by atoms with Crippen LogP contribution in [0.15, 0.2) is 27.8 Å². The molecule has 0 radical (unpaired) electrons.